The average molecular weight is 266 g/mol. The van der Waals surface area contributed by atoms with Gasteiger partial charge >= 0.3 is 11.3 Å². The molecule has 0 fully saturated rings. The molecule has 0 aliphatic rings. The Hall–Kier alpha value is -1.75. The number of ether oxygens (including phenoxy) is 2. The maximum absolute atomic E-state index is 11.4. The number of carbonyl (C=O) groups is 2. The van der Waals surface area contributed by atoms with Gasteiger partial charge in [-0.3, -0.25) is 0 Å². The maximum Gasteiger partial charge on any atom is 0.372 e. The van der Waals surface area contributed by atoms with Gasteiger partial charge in [0.2, 0.25) is 0 Å². The molecule has 5 heteroatoms. The molecule has 0 N–H and O–H groups in total. The Labute approximate surface area is 110 Å². The quantitative estimate of drug-likeness (QED) is 0.476. The second-order valence-corrected chi connectivity index (χ2v) is 3.92. The summed E-state index contributed by atoms with van der Waals surface area (Å²) in [7, 11) is 0. The summed E-state index contributed by atoms with van der Waals surface area (Å²) in [6.07, 6.45) is 2.78. The van der Waals surface area contributed by atoms with Gasteiger partial charge in [0, 0.05) is 5.56 Å². The number of thioether (sulfide) groups is 1. The number of rotatable bonds is 4. The van der Waals surface area contributed by atoms with Crippen LogP contribution in [0.25, 0.3) is 5.76 Å². The molecule has 96 valence electrons. The first-order valence-electron chi connectivity index (χ1n) is 5.37. The molecule has 0 saturated heterocycles. The molecule has 0 bridgehead atoms. The van der Waals surface area contributed by atoms with Crippen molar-refractivity contribution in [3.8, 4) is 0 Å². The van der Waals surface area contributed by atoms with Crippen LogP contribution in [0.15, 0.2) is 36.4 Å². The summed E-state index contributed by atoms with van der Waals surface area (Å²) in [5, 5.41) is -0.477. The van der Waals surface area contributed by atoms with Crippen molar-refractivity contribution in [2.75, 3.05) is 12.9 Å². The van der Waals surface area contributed by atoms with Crippen LogP contribution in [0.2, 0.25) is 0 Å². The highest BCUT2D eigenvalue weighted by Gasteiger charge is 2.11. The van der Waals surface area contributed by atoms with Crippen molar-refractivity contribution in [1.82, 2.24) is 0 Å². The predicted octanol–water partition coefficient (Wildman–Crippen LogP) is 3.09. The van der Waals surface area contributed by atoms with Crippen LogP contribution in [0.4, 0.5) is 4.79 Å². The van der Waals surface area contributed by atoms with Crippen molar-refractivity contribution in [1.29, 1.82) is 0 Å². The maximum atomic E-state index is 11.4. The molecule has 0 aromatic heterocycles. The Bertz CT molecular complexity index is 440. The molecular weight excluding hydrogens is 252 g/mol. The van der Waals surface area contributed by atoms with Crippen molar-refractivity contribution in [3.63, 3.8) is 0 Å². The molecule has 0 heterocycles. The third-order valence-electron chi connectivity index (χ3n) is 1.95. The summed E-state index contributed by atoms with van der Waals surface area (Å²) in [4.78, 5) is 22.7. The molecule has 0 unspecified atom stereocenters. The third-order valence-corrected chi connectivity index (χ3v) is 2.37. The van der Waals surface area contributed by atoms with Crippen LogP contribution in [-0.4, -0.2) is 24.1 Å². The Morgan fingerprint density at radius 3 is 2.50 bits per heavy atom. The van der Waals surface area contributed by atoms with E-state index in [9.17, 15) is 9.59 Å². The smallest absolute Gasteiger partial charge is 0.372 e. The lowest BCUT2D eigenvalue weighted by atomic mass is 10.2. The Morgan fingerprint density at radius 2 is 1.94 bits per heavy atom. The highest BCUT2D eigenvalue weighted by molar-refractivity contribution is 8.12. The van der Waals surface area contributed by atoms with Crippen molar-refractivity contribution in [2.24, 2.45) is 0 Å². The molecule has 0 atom stereocenters. The van der Waals surface area contributed by atoms with E-state index in [1.54, 1.807) is 37.4 Å². The van der Waals surface area contributed by atoms with Crippen LogP contribution in [0.5, 0.6) is 0 Å². The van der Waals surface area contributed by atoms with Gasteiger partial charge < -0.3 is 9.47 Å². The van der Waals surface area contributed by atoms with Crippen LogP contribution in [-0.2, 0) is 14.3 Å². The number of carbonyl (C=O) groups excluding carboxylic acids is 2. The minimum Gasteiger partial charge on any atom is -0.463 e. The van der Waals surface area contributed by atoms with Gasteiger partial charge in [-0.25, -0.2) is 9.59 Å². The summed E-state index contributed by atoms with van der Waals surface area (Å²) in [6.45, 7) is 1.98. The highest BCUT2D eigenvalue weighted by Crippen LogP contribution is 2.18. The first-order valence-corrected chi connectivity index (χ1v) is 6.59. The molecule has 1 aromatic rings. The van der Waals surface area contributed by atoms with Gasteiger partial charge in [-0.05, 0) is 24.9 Å². The van der Waals surface area contributed by atoms with Crippen molar-refractivity contribution < 1.29 is 19.1 Å². The molecule has 1 aromatic carbocycles. The molecule has 0 radical (unpaired) electrons. The van der Waals surface area contributed by atoms with E-state index in [2.05, 4.69) is 0 Å². The van der Waals surface area contributed by atoms with Crippen molar-refractivity contribution in [2.45, 2.75) is 6.92 Å². The number of esters is 1. The number of benzene rings is 1. The second kappa shape index (κ2) is 7.55. The van der Waals surface area contributed by atoms with Gasteiger partial charge in [0.1, 0.15) is 5.76 Å². The SMILES string of the molecule is CCOC(=O)/C=C(\OC(=O)SC)c1ccccc1. The minimum atomic E-state index is -0.537. The molecule has 0 spiro atoms. The van der Waals surface area contributed by atoms with Crippen LogP contribution in [0.3, 0.4) is 0 Å². The summed E-state index contributed by atoms with van der Waals surface area (Å²) in [5.41, 5.74) is 0.646. The average Bonchev–Trinajstić information content (AvgIpc) is 2.39. The van der Waals surface area contributed by atoms with Gasteiger partial charge in [0.15, 0.2) is 0 Å². The van der Waals surface area contributed by atoms with E-state index >= 15 is 0 Å². The van der Waals surface area contributed by atoms with Crippen LogP contribution in [0.1, 0.15) is 12.5 Å². The molecular formula is C13H14O4S. The number of hydrogen-bond acceptors (Lipinski definition) is 5. The van der Waals surface area contributed by atoms with E-state index in [0.717, 1.165) is 11.8 Å². The first-order chi connectivity index (χ1) is 8.67. The Kier molecular flexibility index (Phi) is 6.00. The van der Waals surface area contributed by atoms with E-state index in [0.29, 0.717) is 5.56 Å². The topological polar surface area (TPSA) is 52.6 Å². The Morgan fingerprint density at radius 1 is 1.28 bits per heavy atom. The van der Waals surface area contributed by atoms with Gasteiger partial charge in [-0.15, -0.1) is 0 Å². The van der Waals surface area contributed by atoms with Gasteiger partial charge in [-0.1, -0.05) is 30.3 Å². The van der Waals surface area contributed by atoms with Crippen LogP contribution in [0, 0.1) is 0 Å². The van der Waals surface area contributed by atoms with Crippen LogP contribution >= 0.6 is 11.8 Å². The molecule has 0 aliphatic heterocycles. The second-order valence-electron chi connectivity index (χ2n) is 3.18. The molecule has 0 amide bonds. The van der Waals surface area contributed by atoms with E-state index in [-0.39, 0.29) is 12.4 Å². The normalized spacial score (nSPS) is 10.9. The van der Waals surface area contributed by atoms with E-state index < -0.39 is 11.3 Å². The summed E-state index contributed by atoms with van der Waals surface area (Å²) >= 11 is 0.934. The first kappa shape index (κ1) is 14.3. The minimum absolute atomic E-state index is 0.188. The Balaban J connectivity index is 2.95. The number of hydrogen-bond donors (Lipinski definition) is 0. The molecule has 18 heavy (non-hydrogen) atoms. The lowest BCUT2D eigenvalue weighted by Gasteiger charge is -2.07. The van der Waals surface area contributed by atoms with Gasteiger partial charge in [0.05, 0.1) is 12.7 Å². The molecule has 4 nitrogen and oxygen atoms in total. The van der Waals surface area contributed by atoms with Crippen LogP contribution < -0.4 is 0 Å². The van der Waals surface area contributed by atoms with Gasteiger partial charge in [0.25, 0.3) is 0 Å². The zero-order valence-electron chi connectivity index (χ0n) is 10.2. The van der Waals surface area contributed by atoms with E-state index in [1.807, 2.05) is 6.07 Å². The zero-order valence-corrected chi connectivity index (χ0v) is 11.0. The predicted molar refractivity (Wildman–Crippen MR) is 71.0 cm³/mol. The largest absolute Gasteiger partial charge is 0.463 e. The molecule has 1 rings (SSSR count). The molecule has 0 saturated carbocycles. The summed E-state index contributed by atoms with van der Waals surface area (Å²) in [5.74, 6) is -0.348. The lowest BCUT2D eigenvalue weighted by Crippen LogP contribution is -2.04. The van der Waals surface area contributed by atoms with E-state index in [1.165, 1.54) is 6.08 Å². The fourth-order valence-corrected chi connectivity index (χ4v) is 1.37. The zero-order chi connectivity index (χ0) is 13.4. The fourth-order valence-electron chi connectivity index (χ4n) is 1.20. The molecule has 0 aliphatic carbocycles. The summed E-state index contributed by atoms with van der Waals surface area (Å²) in [6, 6.07) is 8.92. The third kappa shape index (κ3) is 4.63. The highest BCUT2D eigenvalue weighted by atomic mass is 32.2. The lowest BCUT2D eigenvalue weighted by molar-refractivity contribution is -0.137. The monoisotopic (exact) mass is 266 g/mol. The fraction of sp³-hybridized carbons (Fsp3) is 0.231. The standard InChI is InChI=1S/C13H14O4S/c1-3-16-12(14)9-11(17-13(15)18-2)10-7-5-4-6-8-10/h4-9H,3H2,1-2H3/b11-9-. The summed E-state index contributed by atoms with van der Waals surface area (Å²) < 4.78 is 9.88. The van der Waals surface area contributed by atoms with E-state index in [4.69, 9.17) is 9.47 Å². The van der Waals surface area contributed by atoms with Gasteiger partial charge in [-0.2, -0.15) is 0 Å². The van der Waals surface area contributed by atoms with Crippen molar-refractivity contribution in [3.05, 3.63) is 42.0 Å². The van der Waals surface area contributed by atoms with Crippen molar-refractivity contribution >= 4 is 28.8 Å².